The molecule has 7 nitrogen and oxygen atoms in total. The molecule has 33 heavy (non-hydrogen) atoms. The summed E-state index contributed by atoms with van der Waals surface area (Å²) in [4.78, 5) is 32.4. The first-order chi connectivity index (χ1) is 15.8. The smallest absolute Gasteiger partial charge is 0.338 e. The first-order valence-corrected chi connectivity index (χ1v) is 11.8. The molecule has 2 aromatic rings. The Bertz CT molecular complexity index is 1150. The zero-order valence-corrected chi connectivity index (χ0v) is 20.1. The first-order valence-electron chi connectivity index (χ1n) is 10.5. The summed E-state index contributed by atoms with van der Waals surface area (Å²) < 4.78 is 10.8. The second-order valence-corrected chi connectivity index (χ2v) is 9.21. The molecule has 1 aromatic carbocycles. The second-order valence-electron chi connectivity index (χ2n) is 7.93. The molecule has 3 heterocycles. The van der Waals surface area contributed by atoms with Gasteiger partial charge < -0.3 is 19.4 Å². The van der Waals surface area contributed by atoms with E-state index in [2.05, 4.69) is 10.3 Å². The van der Waals surface area contributed by atoms with Crippen molar-refractivity contribution in [1.82, 2.24) is 10.2 Å². The third kappa shape index (κ3) is 5.17. The Morgan fingerprint density at radius 1 is 1.30 bits per heavy atom. The van der Waals surface area contributed by atoms with Gasteiger partial charge in [0.2, 0.25) is 5.91 Å². The van der Waals surface area contributed by atoms with Crippen LogP contribution in [0.25, 0.3) is 0 Å². The van der Waals surface area contributed by atoms with Gasteiger partial charge in [-0.1, -0.05) is 35.5 Å². The highest BCUT2D eigenvalue weighted by Gasteiger charge is 2.41. The van der Waals surface area contributed by atoms with E-state index in [-0.39, 0.29) is 18.4 Å². The molecule has 2 aliphatic rings. The molecule has 1 N–H and O–H groups in total. The van der Waals surface area contributed by atoms with Crippen LogP contribution in [0.1, 0.15) is 44.6 Å². The van der Waals surface area contributed by atoms with Crippen LogP contribution in [0.3, 0.4) is 0 Å². The maximum Gasteiger partial charge on any atom is 0.338 e. The van der Waals surface area contributed by atoms with E-state index in [9.17, 15) is 9.59 Å². The molecule has 9 heteroatoms. The number of carbonyl (C=O) groups excluding carboxylic acids is 2. The van der Waals surface area contributed by atoms with Gasteiger partial charge in [0, 0.05) is 10.7 Å². The molecule has 0 spiro atoms. The predicted molar refractivity (Wildman–Crippen MR) is 128 cm³/mol. The number of thioether (sulfide) groups is 1. The molecule has 0 bridgehead atoms. The maximum absolute atomic E-state index is 13.1. The summed E-state index contributed by atoms with van der Waals surface area (Å²) in [6.45, 7) is 5.71. The fourth-order valence-electron chi connectivity index (χ4n) is 3.73. The van der Waals surface area contributed by atoms with Gasteiger partial charge in [0.1, 0.15) is 5.76 Å². The molecule has 172 valence electrons. The van der Waals surface area contributed by atoms with Gasteiger partial charge in [0.05, 0.1) is 42.6 Å². The molecular formula is C24H24ClN3O4S. The van der Waals surface area contributed by atoms with Crippen LogP contribution in [0.2, 0.25) is 5.02 Å². The SMILES string of the molecule is CC1=C(C(=O)OC(C)C)C(c2cccc(Cl)c2)N2C(CC(=O)NCc3ccco3)=CSC2=N1. The number of furan rings is 1. The minimum atomic E-state index is -0.512. The number of nitrogens with one attached hydrogen (secondary N) is 1. The summed E-state index contributed by atoms with van der Waals surface area (Å²) in [5, 5.41) is 6.02. The predicted octanol–water partition coefficient (Wildman–Crippen LogP) is 5.17. The molecule has 0 fully saturated rings. The number of carbonyl (C=O) groups is 2. The van der Waals surface area contributed by atoms with E-state index in [0.717, 1.165) is 11.3 Å². The van der Waals surface area contributed by atoms with E-state index < -0.39 is 12.0 Å². The highest BCUT2D eigenvalue weighted by atomic mass is 35.5. The van der Waals surface area contributed by atoms with E-state index in [0.29, 0.717) is 33.8 Å². The second kappa shape index (κ2) is 9.89. The maximum atomic E-state index is 13.1. The number of halogens is 1. The van der Waals surface area contributed by atoms with Crippen LogP contribution in [0.15, 0.2) is 74.4 Å². The monoisotopic (exact) mass is 485 g/mol. The molecule has 2 aliphatic heterocycles. The van der Waals surface area contributed by atoms with Gasteiger partial charge in [0.15, 0.2) is 5.17 Å². The number of aliphatic imine (C=N–C) groups is 1. The third-order valence-electron chi connectivity index (χ3n) is 5.11. The number of rotatable bonds is 7. The molecule has 4 rings (SSSR count). The molecule has 1 unspecified atom stereocenters. The number of allylic oxidation sites excluding steroid dienone is 1. The minimum Gasteiger partial charge on any atom is -0.467 e. The molecular weight excluding hydrogens is 462 g/mol. The van der Waals surface area contributed by atoms with Crippen LogP contribution in [0, 0.1) is 0 Å². The lowest BCUT2D eigenvalue weighted by molar-refractivity contribution is -0.143. The van der Waals surface area contributed by atoms with Crippen molar-refractivity contribution in [3.63, 3.8) is 0 Å². The number of nitrogens with zero attached hydrogens (tertiary/aromatic N) is 2. The van der Waals surface area contributed by atoms with Crippen molar-refractivity contribution >= 4 is 40.4 Å². The summed E-state index contributed by atoms with van der Waals surface area (Å²) in [7, 11) is 0. The van der Waals surface area contributed by atoms with Gasteiger partial charge in [-0.3, -0.25) is 4.79 Å². The minimum absolute atomic E-state index is 0.120. The topological polar surface area (TPSA) is 84.1 Å². The lowest BCUT2D eigenvalue weighted by Gasteiger charge is -2.36. The number of hydrogen-bond donors (Lipinski definition) is 1. The van der Waals surface area contributed by atoms with Crippen molar-refractivity contribution in [2.45, 2.75) is 45.9 Å². The van der Waals surface area contributed by atoms with Gasteiger partial charge >= 0.3 is 5.97 Å². The van der Waals surface area contributed by atoms with E-state index >= 15 is 0 Å². The van der Waals surface area contributed by atoms with Gasteiger partial charge in [-0.15, -0.1) is 0 Å². The van der Waals surface area contributed by atoms with Crippen LogP contribution in [-0.4, -0.2) is 28.0 Å². The van der Waals surface area contributed by atoms with Gasteiger partial charge in [-0.05, 0) is 56.0 Å². The van der Waals surface area contributed by atoms with Crippen LogP contribution in [0.5, 0.6) is 0 Å². The number of hydrogen-bond acceptors (Lipinski definition) is 7. The standard InChI is InChI=1S/C24H24ClN3O4S/c1-14(2)32-23(30)21-15(3)27-24-28(22(21)16-6-4-7-17(25)10-16)18(13-33-24)11-20(29)26-12-19-8-5-9-31-19/h4-10,13-14,22H,11-12H2,1-3H3,(H,26,29). The summed E-state index contributed by atoms with van der Waals surface area (Å²) >= 11 is 7.71. The molecule has 0 aliphatic carbocycles. The van der Waals surface area contributed by atoms with E-state index in [1.807, 2.05) is 28.5 Å². The highest BCUT2D eigenvalue weighted by molar-refractivity contribution is 8.16. The van der Waals surface area contributed by atoms with Crippen LogP contribution in [-0.2, 0) is 20.9 Å². The number of benzene rings is 1. The Hall–Kier alpha value is -2.97. The fourth-order valence-corrected chi connectivity index (χ4v) is 4.89. The Balaban J connectivity index is 1.64. The average Bonchev–Trinajstić information content (AvgIpc) is 3.41. The number of amidine groups is 1. The zero-order chi connectivity index (χ0) is 23.5. The highest BCUT2D eigenvalue weighted by Crippen LogP contribution is 2.45. The molecule has 0 saturated carbocycles. The van der Waals surface area contributed by atoms with Crippen molar-refractivity contribution in [3.8, 4) is 0 Å². The molecule has 0 radical (unpaired) electrons. The number of esters is 1. The lowest BCUT2D eigenvalue weighted by Crippen LogP contribution is -2.38. The molecule has 0 saturated heterocycles. The van der Waals surface area contributed by atoms with Crippen LogP contribution < -0.4 is 5.32 Å². The van der Waals surface area contributed by atoms with Crippen molar-refractivity contribution < 1.29 is 18.7 Å². The average molecular weight is 486 g/mol. The van der Waals surface area contributed by atoms with Gasteiger partial charge in [-0.25, -0.2) is 9.79 Å². The van der Waals surface area contributed by atoms with Crippen molar-refractivity contribution in [1.29, 1.82) is 0 Å². The van der Waals surface area contributed by atoms with E-state index in [1.165, 1.54) is 11.8 Å². The van der Waals surface area contributed by atoms with Crippen molar-refractivity contribution in [2.75, 3.05) is 0 Å². The normalized spacial score (nSPS) is 17.6. The van der Waals surface area contributed by atoms with Crippen LogP contribution >= 0.6 is 23.4 Å². The third-order valence-corrected chi connectivity index (χ3v) is 6.23. The Labute approximate surface area is 201 Å². The number of amides is 1. The quantitative estimate of drug-likeness (QED) is 0.545. The summed E-state index contributed by atoms with van der Waals surface area (Å²) in [5.74, 6) is 0.0724. The lowest BCUT2D eigenvalue weighted by atomic mass is 9.94. The van der Waals surface area contributed by atoms with E-state index in [4.69, 9.17) is 20.8 Å². The molecule has 1 amide bonds. The number of ether oxygens (including phenoxy) is 1. The Kier molecular flexibility index (Phi) is 6.95. The summed E-state index contributed by atoms with van der Waals surface area (Å²) in [5.41, 5.74) is 2.57. The van der Waals surface area contributed by atoms with E-state index in [1.54, 1.807) is 45.2 Å². The summed E-state index contributed by atoms with van der Waals surface area (Å²) in [6.07, 6.45) is 1.41. The molecule has 1 aromatic heterocycles. The van der Waals surface area contributed by atoms with Crippen molar-refractivity contribution in [2.24, 2.45) is 4.99 Å². The largest absolute Gasteiger partial charge is 0.467 e. The summed E-state index contributed by atoms with van der Waals surface area (Å²) in [6, 6.07) is 10.4. The van der Waals surface area contributed by atoms with Gasteiger partial charge in [0.25, 0.3) is 0 Å². The van der Waals surface area contributed by atoms with Crippen LogP contribution in [0.4, 0.5) is 0 Å². The molecule has 1 atom stereocenters. The fraction of sp³-hybridized carbons (Fsp3) is 0.292. The Morgan fingerprint density at radius 2 is 2.12 bits per heavy atom. The zero-order valence-electron chi connectivity index (χ0n) is 18.5. The Morgan fingerprint density at radius 3 is 2.82 bits per heavy atom. The van der Waals surface area contributed by atoms with Gasteiger partial charge in [-0.2, -0.15) is 0 Å². The number of fused-ring (bicyclic) bond motifs is 1. The first kappa shape index (κ1) is 23.2. The van der Waals surface area contributed by atoms with Crippen molar-refractivity contribution in [3.05, 3.63) is 81.4 Å².